The highest BCUT2D eigenvalue weighted by atomic mass is 16.5. The Bertz CT molecular complexity index is 1190. The molecule has 0 aliphatic heterocycles. The summed E-state index contributed by atoms with van der Waals surface area (Å²) in [5.74, 6) is 1.04. The fraction of sp³-hybridized carbons (Fsp3) is 0.130. The average Bonchev–Trinajstić information content (AvgIpc) is 3.15. The van der Waals surface area contributed by atoms with Crippen molar-refractivity contribution in [3.63, 3.8) is 0 Å². The molecule has 4 aromatic rings. The second-order valence-corrected chi connectivity index (χ2v) is 6.73. The normalized spacial score (nSPS) is 10.6. The van der Waals surface area contributed by atoms with Gasteiger partial charge in [0.2, 0.25) is 5.88 Å². The second kappa shape index (κ2) is 8.55. The monoisotopic (exact) mass is 396 g/mol. The Balaban J connectivity index is 1.70. The number of aromatic nitrogens is 4. The Morgan fingerprint density at radius 2 is 1.87 bits per heavy atom. The van der Waals surface area contributed by atoms with Crippen LogP contribution in [0.5, 0.6) is 11.6 Å². The first-order valence-electron chi connectivity index (χ1n) is 9.51. The number of hydrogen-bond acceptors (Lipinski definition) is 6. The molecular formula is C23H20N6O. The molecule has 0 bridgehead atoms. The van der Waals surface area contributed by atoms with E-state index in [1.165, 1.54) is 0 Å². The van der Waals surface area contributed by atoms with Gasteiger partial charge in [-0.05, 0) is 24.6 Å². The highest BCUT2D eigenvalue weighted by Gasteiger charge is 2.15. The van der Waals surface area contributed by atoms with E-state index in [0.717, 1.165) is 23.2 Å². The molecule has 0 aliphatic carbocycles. The van der Waals surface area contributed by atoms with Gasteiger partial charge in [0.15, 0.2) is 0 Å². The van der Waals surface area contributed by atoms with Crippen LogP contribution >= 0.6 is 0 Å². The van der Waals surface area contributed by atoms with Crippen molar-refractivity contribution in [1.29, 1.82) is 5.26 Å². The Kier molecular flexibility index (Phi) is 5.50. The van der Waals surface area contributed by atoms with Crippen LogP contribution in [0.25, 0.3) is 22.5 Å². The molecule has 0 amide bonds. The lowest BCUT2D eigenvalue weighted by Crippen LogP contribution is -2.03. The van der Waals surface area contributed by atoms with Gasteiger partial charge >= 0.3 is 0 Å². The maximum Gasteiger partial charge on any atom is 0.218 e. The van der Waals surface area contributed by atoms with Crippen molar-refractivity contribution in [1.82, 2.24) is 19.7 Å². The summed E-state index contributed by atoms with van der Waals surface area (Å²) in [6.45, 7) is 0.568. The molecule has 3 heterocycles. The van der Waals surface area contributed by atoms with Crippen molar-refractivity contribution in [3.05, 3.63) is 78.2 Å². The van der Waals surface area contributed by atoms with Crippen LogP contribution in [0.3, 0.4) is 0 Å². The molecule has 0 atom stereocenters. The summed E-state index contributed by atoms with van der Waals surface area (Å²) < 4.78 is 7.83. The number of rotatable bonds is 6. The van der Waals surface area contributed by atoms with E-state index in [9.17, 15) is 5.26 Å². The zero-order valence-corrected chi connectivity index (χ0v) is 16.5. The van der Waals surface area contributed by atoms with Crippen LogP contribution in [-0.2, 0) is 13.5 Å². The van der Waals surface area contributed by atoms with Crippen LogP contribution in [0, 0.1) is 11.3 Å². The summed E-state index contributed by atoms with van der Waals surface area (Å²) in [6.07, 6.45) is 4.16. The van der Waals surface area contributed by atoms with E-state index in [1.807, 2.05) is 55.6 Å². The Labute approximate surface area is 174 Å². The minimum Gasteiger partial charge on any atom is -0.438 e. The van der Waals surface area contributed by atoms with E-state index in [4.69, 9.17) is 10.5 Å². The van der Waals surface area contributed by atoms with Gasteiger partial charge in [0, 0.05) is 37.1 Å². The van der Waals surface area contributed by atoms with Crippen LogP contribution in [-0.4, -0.2) is 26.3 Å². The van der Waals surface area contributed by atoms with E-state index in [2.05, 4.69) is 21.1 Å². The number of benzene rings is 1. The van der Waals surface area contributed by atoms with Crippen LogP contribution in [0.15, 0.2) is 67.0 Å². The summed E-state index contributed by atoms with van der Waals surface area (Å²) in [5.41, 5.74) is 10.1. The van der Waals surface area contributed by atoms with Gasteiger partial charge in [-0.1, -0.05) is 36.4 Å². The first kappa shape index (κ1) is 19.3. The van der Waals surface area contributed by atoms with Crippen LogP contribution in [0.4, 0.5) is 0 Å². The standard InChI is InChI=1S/C23H20N6O/c1-29-23(12-21(28-29)17-5-3-2-4-6-17)30-22-11-18(13-25)26-15-19(22)20-8-7-16(9-10-24)14-27-20/h2-8,11-12,14-15H,9-10,24H2,1H3. The molecule has 0 spiro atoms. The molecular weight excluding hydrogens is 376 g/mol. The third-order valence-corrected chi connectivity index (χ3v) is 4.64. The lowest BCUT2D eigenvalue weighted by Gasteiger charge is -2.11. The number of hydrogen-bond donors (Lipinski definition) is 1. The third-order valence-electron chi connectivity index (χ3n) is 4.64. The topological polar surface area (TPSA) is 103 Å². The molecule has 7 nitrogen and oxygen atoms in total. The molecule has 2 N–H and O–H groups in total. The molecule has 0 saturated carbocycles. The number of aryl methyl sites for hydroxylation is 1. The van der Waals surface area contributed by atoms with E-state index < -0.39 is 0 Å². The molecule has 0 aliphatic rings. The van der Waals surface area contributed by atoms with Crippen LogP contribution in [0.2, 0.25) is 0 Å². The largest absolute Gasteiger partial charge is 0.438 e. The Morgan fingerprint density at radius 1 is 1.03 bits per heavy atom. The molecule has 0 saturated heterocycles. The molecule has 0 unspecified atom stereocenters. The first-order valence-corrected chi connectivity index (χ1v) is 9.51. The summed E-state index contributed by atoms with van der Waals surface area (Å²) in [4.78, 5) is 8.71. The smallest absolute Gasteiger partial charge is 0.218 e. The molecule has 30 heavy (non-hydrogen) atoms. The summed E-state index contributed by atoms with van der Waals surface area (Å²) in [6, 6.07) is 19.3. The van der Waals surface area contributed by atoms with Crippen molar-refractivity contribution in [3.8, 4) is 40.2 Å². The molecule has 148 valence electrons. The van der Waals surface area contributed by atoms with Crippen LogP contribution in [0.1, 0.15) is 11.3 Å². The number of nitrogens with zero attached hydrogens (tertiary/aromatic N) is 5. The lowest BCUT2D eigenvalue weighted by molar-refractivity contribution is 0.431. The minimum atomic E-state index is 0.263. The van der Waals surface area contributed by atoms with E-state index in [-0.39, 0.29) is 5.69 Å². The van der Waals surface area contributed by atoms with Crippen molar-refractivity contribution in [2.45, 2.75) is 6.42 Å². The predicted octanol–water partition coefficient (Wildman–Crippen LogP) is 3.71. The number of pyridine rings is 2. The van der Waals surface area contributed by atoms with Crippen molar-refractivity contribution >= 4 is 0 Å². The zero-order chi connectivity index (χ0) is 20.9. The summed E-state index contributed by atoms with van der Waals surface area (Å²) in [5, 5.41) is 13.8. The van der Waals surface area contributed by atoms with E-state index in [0.29, 0.717) is 29.4 Å². The summed E-state index contributed by atoms with van der Waals surface area (Å²) in [7, 11) is 1.81. The Morgan fingerprint density at radius 3 is 2.57 bits per heavy atom. The molecule has 0 fully saturated rings. The number of ether oxygens (including phenoxy) is 1. The van der Waals surface area contributed by atoms with Gasteiger partial charge in [-0.3, -0.25) is 4.98 Å². The molecule has 3 aromatic heterocycles. The maximum absolute atomic E-state index is 9.28. The van der Waals surface area contributed by atoms with Crippen LogP contribution < -0.4 is 10.5 Å². The quantitative estimate of drug-likeness (QED) is 0.533. The third kappa shape index (κ3) is 4.04. The van der Waals surface area contributed by atoms with Gasteiger partial charge in [0.1, 0.15) is 17.5 Å². The van der Waals surface area contributed by atoms with Crippen molar-refractivity contribution in [2.24, 2.45) is 12.8 Å². The van der Waals surface area contributed by atoms with Gasteiger partial charge in [0.25, 0.3) is 0 Å². The minimum absolute atomic E-state index is 0.263. The van der Waals surface area contributed by atoms with Gasteiger partial charge in [-0.25, -0.2) is 9.67 Å². The molecule has 4 rings (SSSR count). The van der Waals surface area contributed by atoms with Gasteiger partial charge in [-0.2, -0.15) is 10.4 Å². The van der Waals surface area contributed by atoms with Gasteiger partial charge in [-0.15, -0.1) is 0 Å². The van der Waals surface area contributed by atoms with Crippen molar-refractivity contribution in [2.75, 3.05) is 6.54 Å². The van der Waals surface area contributed by atoms with E-state index >= 15 is 0 Å². The average molecular weight is 396 g/mol. The number of nitriles is 1. The maximum atomic E-state index is 9.28. The van der Waals surface area contributed by atoms with Crippen molar-refractivity contribution < 1.29 is 4.74 Å². The van der Waals surface area contributed by atoms with E-state index in [1.54, 1.807) is 23.1 Å². The highest BCUT2D eigenvalue weighted by Crippen LogP contribution is 2.33. The number of nitrogens with two attached hydrogens (primary N) is 1. The molecule has 7 heteroatoms. The molecule has 1 aromatic carbocycles. The predicted molar refractivity (Wildman–Crippen MR) is 114 cm³/mol. The van der Waals surface area contributed by atoms with Gasteiger partial charge < -0.3 is 10.5 Å². The Hall–Kier alpha value is -4.02. The summed E-state index contributed by atoms with van der Waals surface area (Å²) >= 11 is 0. The lowest BCUT2D eigenvalue weighted by atomic mass is 10.1. The second-order valence-electron chi connectivity index (χ2n) is 6.73. The first-order chi connectivity index (χ1) is 14.7. The highest BCUT2D eigenvalue weighted by molar-refractivity contribution is 5.68. The zero-order valence-electron chi connectivity index (χ0n) is 16.5. The fourth-order valence-electron chi connectivity index (χ4n) is 3.08. The fourth-order valence-corrected chi connectivity index (χ4v) is 3.08. The SMILES string of the molecule is Cn1nc(-c2ccccc2)cc1Oc1cc(C#N)ncc1-c1ccc(CCN)cn1. The molecule has 0 radical (unpaired) electrons. The van der Waals surface area contributed by atoms with Gasteiger partial charge in [0.05, 0.1) is 17.0 Å².